The minimum atomic E-state index is -0.530. The number of amides is 1. The summed E-state index contributed by atoms with van der Waals surface area (Å²) in [5, 5.41) is 13.3. The van der Waals surface area contributed by atoms with Crippen LogP contribution in [0.15, 0.2) is 0 Å². The van der Waals surface area contributed by atoms with Crippen molar-refractivity contribution in [3.05, 3.63) is 0 Å². The van der Waals surface area contributed by atoms with Crippen LogP contribution in [0.2, 0.25) is 0 Å². The Labute approximate surface area is 199 Å². The summed E-state index contributed by atoms with van der Waals surface area (Å²) < 4.78 is 28.5. The number of alkyl carbamates (subject to hydrolysis) is 1. The van der Waals surface area contributed by atoms with Crippen LogP contribution in [0.4, 0.5) is 4.79 Å². The van der Waals surface area contributed by atoms with Crippen LogP contribution in [0.25, 0.3) is 0 Å². The van der Waals surface area contributed by atoms with Gasteiger partial charge in [0.15, 0.2) is 0 Å². The fraction of sp³-hybridized carbons (Fsp3) is 0.960. The molecule has 1 amide bonds. The number of carbonyl (C=O) groups excluding carboxylic acids is 1. The van der Waals surface area contributed by atoms with E-state index in [1.807, 2.05) is 20.8 Å². The largest absolute Gasteiger partial charge is 0.444 e. The fourth-order valence-corrected chi connectivity index (χ4v) is 7.20. The SMILES string of the molecule is COCO[C@H]1C[C@@H]2C[C@@H](C)C[C@@H](OCOC)[C@@]23C[C@@H](CO)[C@H](CCNC(=O)OC(C)(C)C)[C@@H]13. The molecular formula is C25H45NO7. The highest BCUT2D eigenvalue weighted by atomic mass is 16.7. The molecule has 3 rings (SSSR count). The van der Waals surface area contributed by atoms with Gasteiger partial charge in [-0.3, -0.25) is 0 Å². The summed E-state index contributed by atoms with van der Waals surface area (Å²) in [6.07, 6.45) is 4.54. The average Bonchev–Trinajstić information content (AvgIpc) is 3.21. The highest BCUT2D eigenvalue weighted by molar-refractivity contribution is 5.67. The molecule has 0 saturated heterocycles. The summed E-state index contributed by atoms with van der Waals surface area (Å²) in [7, 11) is 3.31. The molecule has 0 unspecified atom stereocenters. The molecule has 1 spiro atoms. The maximum Gasteiger partial charge on any atom is 0.407 e. The van der Waals surface area contributed by atoms with Gasteiger partial charge in [-0.1, -0.05) is 6.92 Å². The van der Waals surface area contributed by atoms with Crippen LogP contribution < -0.4 is 5.32 Å². The van der Waals surface area contributed by atoms with Crippen molar-refractivity contribution >= 4 is 6.09 Å². The lowest BCUT2D eigenvalue weighted by molar-refractivity contribution is -0.169. The zero-order chi connectivity index (χ0) is 24.2. The van der Waals surface area contributed by atoms with Gasteiger partial charge in [-0.25, -0.2) is 4.79 Å². The summed E-state index contributed by atoms with van der Waals surface area (Å²) >= 11 is 0. The molecule has 0 aromatic heterocycles. The second-order valence-corrected chi connectivity index (χ2v) is 11.3. The molecule has 3 aliphatic carbocycles. The maximum atomic E-state index is 12.2. The third-order valence-corrected chi connectivity index (χ3v) is 8.05. The number of nitrogens with one attached hydrogen (secondary N) is 1. The molecule has 3 aliphatic rings. The van der Waals surface area contributed by atoms with Gasteiger partial charge in [-0.05, 0) is 82.5 Å². The molecule has 0 aliphatic heterocycles. The Morgan fingerprint density at radius 2 is 1.79 bits per heavy atom. The number of ether oxygens (including phenoxy) is 5. The number of hydrogen-bond acceptors (Lipinski definition) is 7. The van der Waals surface area contributed by atoms with E-state index in [2.05, 4.69) is 12.2 Å². The van der Waals surface area contributed by atoms with E-state index in [0.717, 1.165) is 32.1 Å². The van der Waals surface area contributed by atoms with Gasteiger partial charge < -0.3 is 34.1 Å². The van der Waals surface area contributed by atoms with E-state index in [0.29, 0.717) is 18.4 Å². The first-order valence-corrected chi connectivity index (χ1v) is 12.4. The van der Waals surface area contributed by atoms with Gasteiger partial charge in [0.05, 0.1) is 12.2 Å². The van der Waals surface area contributed by atoms with Gasteiger partial charge in [0.1, 0.15) is 19.2 Å². The molecule has 0 heterocycles. The van der Waals surface area contributed by atoms with Crippen molar-refractivity contribution in [2.45, 2.75) is 77.6 Å². The van der Waals surface area contributed by atoms with Crippen LogP contribution in [-0.4, -0.2) is 70.0 Å². The van der Waals surface area contributed by atoms with E-state index >= 15 is 0 Å². The molecule has 3 saturated carbocycles. The number of aliphatic hydroxyl groups is 1. The molecule has 0 bridgehead atoms. The zero-order valence-electron chi connectivity index (χ0n) is 21.3. The van der Waals surface area contributed by atoms with Crippen LogP contribution >= 0.6 is 0 Å². The predicted octanol–water partition coefficient (Wildman–Crippen LogP) is 3.56. The molecule has 192 valence electrons. The first kappa shape index (κ1) is 26.7. The highest BCUT2D eigenvalue weighted by Crippen LogP contribution is 2.68. The van der Waals surface area contributed by atoms with Crippen LogP contribution in [0, 0.1) is 35.0 Å². The standard InChI is InChI=1S/C25H45NO7/c1-16-9-18-11-20(31-14-29-5)22-19(7-8-26-23(28)33-24(2,3)4)17(13-27)12-25(18,22)21(10-16)32-15-30-6/h16-22,27H,7-15H2,1-6H3,(H,26,28)/t16-,17+,18+,19+,20+,21-,22+,25-/m1/s1. The normalized spacial score (nSPS) is 38.1. The van der Waals surface area contributed by atoms with Crippen molar-refractivity contribution in [3.63, 3.8) is 0 Å². The zero-order valence-corrected chi connectivity index (χ0v) is 21.3. The number of aliphatic hydroxyl groups excluding tert-OH is 1. The van der Waals surface area contributed by atoms with Gasteiger partial charge in [-0.15, -0.1) is 0 Å². The first-order chi connectivity index (χ1) is 15.7. The van der Waals surface area contributed by atoms with Crippen molar-refractivity contribution in [2.75, 3.05) is 41.0 Å². The Kier molecular flexibility index (Phi) is 9.06. The Bertz CT molecular complexity index is 639. The van der Waals surface area contributed by atoms with Crippen molar-refractivity contribution in [3.8, 4) is 0 Å². The molecule has 0 radical (unpaired) electrons. The topological polar surface area (TPSA) is 95.5 Å². The third kappa shape index (κ3) is 5.84. The molecule has 0 aromatic rings. The minimum absolute atomic E-state index is 0.0482. The number of methoxy groups -OCH3 is 2. The summed E-state index contributed by atoms with van der Waals surface area (Å²) in [5.41, 5.74) is -0.578. The molecule has 8 atom stereocenters. The van der Waals surface area contributed by atoms with Gasteiger partial charge >= 0.3 is 6.09 Å². The number of rotatable bonds is 10. The Hall–Kier alpha value is -0.930. The summed E-state index contributed by atoms with van der Waals surface area (Å²) in [5.74, 6) is 1.66. The molecule has 2 N–H and O–H groups in total. The van der Waals surface area contributed by atoms with E-state index in [4.69, 9.17) is 23.7 Å². The monoisotopic (exact) mass is 471 g/mol. The van der Waals surface area contributed by atoms with Gasteiger partial charge in [-0.2, -0.15) is 0 Å². The summed E-state index contributed by atoms with van der Waals surface area (Å²) in [6, 6.07) is 0. The minimum Gasteiger partial charge on any atom is -0.444 e. The van der Waals surface area contributed by atoms with Crippen molar-refractivity contribution in [1.82, 2.24) is 5.32 Å². The van der Waals surface area contributed by atoms with E-state index in [1.54, 1.807) is 14.2 Å². The maximum absolute atomic E-state index is 12.2. The average molecular weight is 472 g/mol. The second kappa shape index (κ2) is 11.2. The molecule has 8 nitrogen and oxygen atoms in total. The van der Waals surface area contributed by atoms with Crippen LogP contribution in [0.1, 0.15) is 59.8 Å². The number of carbonyl (C=O) groups is 1. The van der Waals surface area contributed by atoms with Gasteiger partial charge in [0.2, 0.25) is 0 Å². The fourth-order valence-electron chi connectivity index (χ4n) is 7.20. The second-order valence-electron chi connectivity index (χ2n) is 11.3. The molecule has 33 heavy (non-hydrogen) atoms. The van der Waals surface area contributed by atoms with Crippen molar-refractivity contribution in [1.29, 1.82) is 0 Å². The lowest BCUT2D eigenvalue weighted by Crippen LogP contribution is -2.49. The van der Waals surface area contributed by atoms with E-state index < -0.39 is 11.7 Å². The Balaban J connectivity index is 1.82. The molecule has 3 fully saturated rings. The molecule has 0 aromatic carbocycles. The lowest BCUT2D eigenvalue weighted by atomic mass is 9.60. The van der Waals surface area contributed by atoms with Crippen molar-refractivity contribution in [2.24, 2.45) is 35.0 Å². The first-order valence-electron chi connectivity index (χ1n) is 12.4. The highest BCUT2D eigenvalue weighted by Gasteiger charge is 2.68. The van der Waals surface area contributed by atoms with E-state index in [9.17, 15) is 9.90 Å². The van der Waals surface area contributed by atoms with E-state index in [1.165, 1.54) is 0 Å². The van der Waals surface area contributed by atoms with Gasteiger partial charge in [0.25, 0.3) is 0 Å². The Morgan fingerprint density at radius 3 is 2.42 bits per heavy atom. The third-order valence-electron chi connectivity index (χ3n) is 8.05. The predicted molar refractivity (Wildman–Crippen MR) is 123 cm³/mol. The molecule has 8 heteroatoms. The van der Waals surface area contributed by atoms with Crippen LogP contribution in [0.3, 0.4) is 0 Å². The van der Waals surface area contributed by atoms with Crippen molar-refractivity contribution < 1.29 is 33.6 Å². The smallest absolute Gasteiger partial charge is 0.407 e. The van der Waals surface area contributed by atoms with Crippen LogP contribution in [-0.2, 0) is 23.7 Å². The molecular weight excluding hydrogens is 426 g/mol. The van der Waals surface area contributed by atoms with Crippen LogP contribution in [0.5, 0.6) is 0 Å². The summed E-state index contributed by atoms with van der Waals surface area (Å²) in [6.45, 7) is 9.04. The van der Waals surface area contributed by atoms with Gasteiger partial charge in [0, 0.05) is 32.8 Å². The van der Waals surface area contributed by atoms with E-state index in [-0.39, 0.29) is 55.6 Å². The number of hydrogen-bond donors (Lipinski definition) is 2. The summed E-state index contributed by atoms with van der Waals surface area (Å²) in [4.78, 5) is 12.2. The Morgan fingerprint density at radius 1 is 1.09 bits per heavy atom. The quantitative estimate of drug-likeness (QED) is 0.470. The lowest BCUT2D eigenvalue weighted by Gasteiger charge is -2.49.